The van der Waals surface area contributed by atoms with Gasteiger partial charge >= 0.3 is 0 Å². The first kappa shape index (κ1) is 18.6. The molecule has 2 heterocycles. The summed E-state index contributed by atoms with van der Waals surface area (Å²) in [5.41, 5.74) is 1.15. The molecule has 0 aliphatic carbocycles. The van der Waals surface area contributed by atoms with Gasteiger partial charge in [-0.05, 0) is 56.2 Å². The molecule has 0 bridgehead atoms. The van der Waals surface area contributed by atoms with Crippen LogP contribution in [-0.4, -0.2) is 33.4 Å². The van der Waals surface area contributed by atoms with Crippen LogP contribution in [0.15, 0.2) is 42.5 Å². The van der Waals surface area contributed by atoms with Gasteiger partial charge in [0.1, 0.15) is 0 Å². The predicted octanol–water partition coefficient (Wildman–Crippen LogP) is 2.62. The van der Waals surface area contributed by atoms with Crippen molar-refractivity contribution in [1.82, 2.24) is 5.32 Å². The van der Waals surface area contributed by atoms with Crippen LogP contribution >= 0.6 is 0 Å². The molecule has 0 spiro atoms. The molecule has 2 aromatic rings. The molecule has 8 heteroatoms. The molecule has 2 aromatic carbocycles. The molecule has 0 atom stereocenters. The fourth-order valence-corrected chi connectivity index (χ4v) is 5.00. The molecule has 7 nitrogen and oxygen atoms in total. The summed E-state index contributed by atoms with van der Waals surface area (Å²) in [4.78, 5) is 12.9. The monoisotopic (exact) mass is 402 g/mol. The van der Waals surface area contributed by atoms with Gasteiger partial charge in [-0.1, -0.05) is 12.1 Å². The van der Waals surface area contributed by atoms with Crippen LogP contribution in [-0.2, 0) is 15.6 Å². The van der Waals surface area contributed by atoms with Crippen molar-refractivity contribution in [3.8, 4) is 11.5 Å². The van der Waals surface area contributed by atoms with E-state index < -0.39 is 15.6 Å². The summed E-state index contributed by atoms with van der Waals surface area (Å²) in [6.07, 6.45) is 0.593. The fraction of sp³-hybridized carbons (Fsp3) is 0.350. The third-order valence-electron chi connectivity index (χ3n) is 5.02. The highest BCUT2D eigenvalue weighted by atomic mass is 32.2. The molecule has 1 N–H and O–H groups in total. The first-order valence-corrected chi connectivity index (χ1v) is 10.7. The Morgan fingerprint density at radius 2 is 1.89 bits per heavy atom. The van der Waals surface area contributed by atoms with Gasteiger partial charge < -0.3 is 14.8 Å². The first-order valence-electron chi connectivity index (χ1n) is 9.09. The number of rotatable bonds is 4. The summed E-state index contributed by atoms with van der Waals surface area (Å²) in [5.74, 6) is 1.20. The number of carbonyl (C=O) groups excluding carboxylic acids is 1. The van der Waals surface area contributed by atoms with E-state index in [1.165, 1.54) is 4.31 Å². The van der Waals surface area contributed by atoms with Gasteiger partial charge in [0.2, 0.25) is 16.8 Å². The largest absolute Gasteiger partial charge is 0.454 e. The Kier molecular flexibility index (Phi) is 4.45. The molecule has 28 heavy (non-hydrogen) atoms. The molecule has 0 aromatic heterocycles. The van der Waals surface area contributed by atoms with Crippen molar-refractivity contribution in [1.29, 1.82) is 0 Å². The van der Waals surface area contributed by atoms with E-state index in [0.29, 0.717) is 35.7 Å². The second-order valence-corrected chi connectivity index (χ2v) is 9.45. The highest BCUT2D eigenvalue weighted by Crippen LogP contribution is 2.35. The Labute approximate surface area is 164 Å². The number of hydrogen-bond donors (Lipinski definition) is 1. The average Bonchev–Trinajstić information content (AvgIpc) is 3.26. The lowest BCUT2D eigenvalue weighted by Gasteiger charge is -2.27. The minimum atomic E-state index is -3.29. The van der Waals surface area contributed by atoms with E-state index in [-0.39, 0.29) is 18.5 Å². The van der Waals surface area contributed by atoms with Gasteiger partial charge in [0, 0.05) is 12.1 Å². The maximum Gasteiger partial charge on any atom is 0.252 e. The van der Waals surface area contributed by atoms with Gasteiger partial charge in [-0.25, -0.2) is 8.42 Å². The number of fused-ring (bicyclic) bond motifs is 1. The molecular formula is C20H22N2O5S. The molecule has 0 radical (unpaired) electrons. The van der Waals surface area contributed by atoms with E-state index in [2.05, 4.69) is 5.32 Å². The summed E-state index contributed by atoms with van der Waals surface area (Å²) in [7, 11) is -3.29. The van der Waals surface area contributed by atoms with Crippen molar-refractivity contribution in [2.45, 2.75) is 25.8 Å². The zero-order chi connectivity index (χ0) is 19.9. The average molecular weight is 402 g/mol. The standard InChI is InChI=1S/C20H22N2O5S/c1-20(2,15-7-8-17-18(12-15)27-13-26-17)21-19(23)14-5-3-6-16(11-14)22-9-4-10-28(22,24)25/h3,5-8,11-12H,4,9-10,13H2,1-2H3,(H,21,23). The summed E-state index contributed by atoms with van der Waals surface area (Å²) in [5, 5.41) is 3.02. The minimum Gasteiger partial charge on any atom is -0.454 e. The number of carbonyl (C=O) groups is 1. The van der Waals surface area contributed by atoms with Crippen LogP contribution in [0, 0.1) is 0 Å². The summed E-state index contributed by atoms with van der Waals surface area (Å²) >= 11 is 0. The summed E-state index contributed by atoms with van der Waals surface area (Å²) in [6.45, 7) is 4.43. The van der Waals surface area contributed by atoms with Crippen molar-refractivity contribution in [2.75, 3.05) is 23.4 Å². The number of amides is 1. The van der Waals surface area contributed by atoms with Crippen LogP contribution in [0.25, 0.3) is 0 Å². The number of sulfonamides is 1. The van der Waals surface area contributed by atoms with Crippen molar-refractivity contribution in [3.05, 3.63) is 53.6 Å². The molecule has 0 saturated carbocycles. The number of nitrogens with zero attached hydrogens (tertiary/aromatic N) is 1. The summed E-state index contributed by atoms with van der Waals surface area (Å²) < 4.78 is 36.4. The van der Waals surface area contributed by atoms with Gasteiger partial charge in [-0.15, -0.1) is 0 Å². The molecule has 0 unspecified atom stereocenters. The Bertz CT molecular complexity index is 1030. The van der Waals surface area contributed by atoms with E-state index >= 15 is 0 Å². The number of ether oxygens (including phenoxy) is 2. The van der Waals surface area contributed by atoms with Crippen LogP contribution < -0.4 is 19.1 Å². The highest BCUT2D eigenvalue weighted by Gasteiger charge is 2.30. The lowest BCUT2D eigenvalue weighted by Crippen LogP contribution is -2.41. The molecule has 1 fully saturated rings. The zero-order valence-corrected chi connectivity index (χ0v) is 16.6. The van der Waals surface area contributed by atoms with E-state index in [1.54, 1.807) is 24.3 Å². The second kappa shape index (κ2) is 6.70. The highest BCUT2D eigenvalue weighted by molar-refractivity contribution is 7.93. The molecule has 4 rings (SSSR count). The number of hydrogen-bond acceptors (Lipinski definition) is 5. The van der Waals surface area contributed by atoms with E-state index in [4.69, 9.17) is 9.47 Å². The summed E-state index contributed by atoms with van der Waals surface area (Å²) in [6, 6.07) is 12.3. The van der Waals surface area contributed by atoms with Gasteiger partial charge in [0.15, 0.2) is 11.5 Å². The third-order valence-corrected chi connectivity index (χ3v) is 6.89. The number of anilines is 1. The topological polar surface area (TPSA) is 84.9 Å². The van der Waals surface area contributed by atoms with Gasteiger partial charge in [-0.3, -0.25) is 9.10 Å². The molecule has 2 aliphatic heterocycles. The molecule has 148 valence electrons. The molecule has 1 saturated heterocycles. The maximum absolute atomic E-state index is 12.9. The lowest BCUT2D eigenvalue weighted by atomic mass is 9.93. The van der Waals surface area contributed by atoms with Crippen LogP contribution in [0.5, 0.6) is 11.5 Å². The van der Waals surface area contributed by atoms with E-state index in [9.17, 15) is 13.2 Å². The Morgan fingerprint density at radius 3 is 2.64 bits per heavy atom. The second-order valence-electron chi connectivity index (χ2n) is 7.44. The minimum absolute atomic E-state index is 0.139. The number of benzene rings is 2. The van der Waals surface area contributed by atoms with Crippen LogP contribution in [0.2, 0.25) is 0 Å². The van der Waals surface area contributed by atoms with Gasteiger partial charge in [0.05, 0.1) is 17.0 Å². The normalized spacial score (nSPS) is 17.6. The van der Waals surface area contributed by atoms with Crippen LogP contribution in [0.4, 0.5) is 5.69 Å². The Morgan fingerprint density at radius 1 is 1.11 bits per heavy atom. The van der Waals surface area contributed by atoms with Crippen LogP contribution in [0.1, 0.15) is 36.2 Å². The Hall–Kier alpha value is -2.74. The molecule has 2 aliphatic rings. The smallest absolute Gasteiger partial charge is 0.252 e. The van der Waals surface area contributed by atoms with Crippen LogP contribution in [0.3, 0.4) is 0 Å². The van der Waals surface area contributed by atoms with Crippen molar-refractivity contribution in [3.63, 3.8) is 0 Å². The van der Waals surface area contributed by atoms with Crippen molar-refractivity contribution in [2.24, 2.45) is 0 Å². The first-order chi connectivity index (χ1) is 13.3. The third kappa shape index (κ3) is 3.40. The Balaban J connectivity index is 1.56. The van der Waals surface area contributed by atoms with Gasteiger partial charge in [0.25, 0.3) is 5.91 Å². The van der Waals surface area contributed by atoms with Crippen molar-refractivity contribution < 1.29 is 22.7 Å². The fourth-order valence-electron chi connectivity index (χ4n) is 3.45. The predicted molar refractivity (Wildman–Crippen MR) is 105 cm³/mol. The molecule has 1 amide bonds. The van der Waals surface area contributed by atoms with Gasteiger partial charge in [-0.2, -0.15) is 0 Å². The van der Waals surface area contributed by atoms with E-state index in [1.807, 2.05) is 32.0 Å². The maximum atomic E-state index is 12.9. The molecular weight excluding hydrogens is 380 g/mol. The number of nitrogens with one attached hydrogen (secondary N) is 1. The SMILES string of the molecule is CC(C)(NC(=O)c1cccc(N2CCCS2(=O)=O)c1)c1ccc2c(c1)OCO2. The lowest BCUT2D eigenvalue weighted by molar-refractivity contribution is 0.0912. The van der Waals surface area contributed by atoms with Crippen molar-refractivity contribution >= 4 is 21.6 Å². The van der Waals surface area contributed by atoms with E-state index in [0.717, 1.165) is 5.56 Å². The zero-order valence-electron chi connectivity index (χ0n) is 15.8. The quantitative estimate of drug-likeness (QED) is 0.850.